The SMILES string of the molecule is O=C(NCCOCCO)C1C2CCCC21. The van der Waals surface area contributed by atoms with Gasteiger partial charge in [0, 0.05) is 12.5 Å². The lowest BCUT2D eigenvalue weighted by Crippen LogP contribution is -2.30. The van der Waals surface area contributed by atoms with Crippen molar-refractivity contribution in [3.05, 3.63) is 0 Å². The van der Waals surface area contributed by atoms with Gasteiger partial charge in [-0.2, -0.15) is 0 Å². The average molecular weight is 213 g/mol. The smallest absolute Gasteiger partial charge is 0.223 e. The Morgan fingerprint density at radius 1 is 1.33 bits per heavy atom. The third-order valence-electron chi connectivity index (χ3n) is 3.49. The van der Waals surface area contributed by atoms with Gasteiger partial charge in [0.2, 0.25) is 5.91 Å². The van der Waals surface area contributed by atoms with Crippen molar-refractivity contribution in [3.63, 3.8) is 0 Å². The summed E-state index contributed by atoms with van der Waals surface area (Å²) in [5.41, 5.74) is 0. The third kappa shape index (κ3) is 2.49. The van der Waals surface area contributed by atoms with Crippen LogP contribution >= 0.6 is 0 Å². The van der Waals surface area contributed by atoms with Crippen LogP contribution in [0.4, 0.5) is 0 Å². The van der Waals surface area contributed by atoms with Crippen molar-refractivity contribution in [2.45, 2.75) is 19.3 Å². The summed E-state index contributed by atoms with van der Waals surface area (Å²) in [6.45, 7) is 1.45. The lowest BCUT2D eigenvalue weighted by molar-refractivity contribution is -0.123. The highest BCUT2D eigenvalue weighted by molar-refractivity contribution is 5.82. The highest BCUT2D eigenvalue weighted by atomic mass is 16.5. The van der Waals surface area contributed by atoms with Gasteiger partial charge in [-0.3, -0.25) is 4.79 Å². The van der Waals surface area contributed by atoms with E-state index in [-0.39, 0.29) is 12.5 Å². The van der Waals surface area contributed by atoms with Gasteiger partial charge < -0.3 is 15.2 Å². The number of amides is 1. The van der Waals surface area contributed by atoms with E-state index in [0.29, 0.717) is 37.5 Å². The maximum atomic E-state index is 11.6. The molecule has 1 amide bonds. The summed E-state index contributed by atoms with van der Waals surface area (Å²) < 4.78 is 5.06. The maximum absolute atomic E-state index is 11.6. The van der Waals surface area contributed by atoms with Crippen LogP contribution in [0.15, 0.2) is 0 Å². The number of hydrogen-bond donors (Lipinski definition) is 2. The molecule has 0 aromatic rings. The van der Waals surface area contributed by atoms with E-state index in [0.717, 1.165) is 0 Å². The minimum Gasteiger partial charge on any atom is -0.394 e. The van der Waals surface area contributed by atoms with Crippen LogP contribution in [0.5, 0.6) is 0 Å². The Morgan fingerprint density at radius 2 is 2.07 bits per heavy atom. The molecule has 0 spiro atoms. The maximum Gasteiger partial charge on any atom is 0.223 e. The van der Waals surface area contributed by atoms with Crippen LogP contribution in [-0.4, -0.2) is 37.4 Å². The van der Waals surface area contributed by atoms with Crippen molar-refractivity contribution in [2.75, 3.05) is 26.4 Å². The predicted octanol–water partition coefficient (Wildman–Crippen LogP) is 0.158. The Bertz CT molecular complexity index is 222. The first-order chi connectivity index (χ1) is 7.34. The zero-order chi connectivity index (χ0) is 10.7. The van der Waals surface area contributed by atoms with Gasteiger partial charge in [0.25, 0.3) is 0 Å². The van der Waals surface area contributed by atoms with Crippen molar-refractivity contribution in [1.29, 1.82) is 0 Å². The molecule has 2 aliphatic rings. The number of carbonyl (C=O) groups excluding carboxylic acids is 1. The number of ether oxygens (including phenoxy) is 1. The number of rotatable bonds is 6. The first-order valence-corrected chi connectivity index (χ1v) is 5.81. The van der Waals surface area contributed by atoms with Gasteiger partial charge in [-0.05, 0) is 24.7 Å². The van der Waals surface area contributed by atoms with E-state index in [1.54, 1.807) is 0 Å². The highest BCUT2D eigenvalue weighted by Gasteiger charge is 2.56. The van der Waals surface area contributed by atoms with Crippen LogP contribution in [0.1, 0.15) is 19.3 Å². The molecule has 0 heterocycles. The summed E-state index contributed by atoms with van der Waals surface area (Å²) in [6.07, 6.45) is 3.78. The second-order valence-corrected chi connectivity index (χ2v) is 4.41. The Kier molecular flexibility index (Phi) is 3.59. The van der Waals surface area contributed by atoms with Crippen LogP contribution in [-0.2, 0) is 9.53 Å². The predicted molar refractivity (Wildman–Crippen MR) is 55.2 cm³/mol. The standard InChI is InChI=1S/C11H19NO3/c13-5-7-15-6-4-12-11(14)10-8-2-1-3-9(8)10/h8-10,13H,1-7H2,(H,12,14). The molecule has 0 aromatic heterocycles. The molecule has 2 saturated carbocycles. The second kappa shape index (κ2) is 4.94. The zero-order valence-electron chi connectivity index (χ0n) is 8.95. The van der Waals surface area contributed by atoms with Crippen molar-refractivity contribution in [1.82, 2.24) is 5.32 Å². The van der Waals surface area contributed by atoms with Crippen LogP contribution in [0.2, 0.25) is 0 Å². The summed E-state index contributed by atoms with van der Waals surface area (Å²) in [6, 6.07) is 0. The lowest BCUT2D eigenvalue weighted by Gasteiger charge is -2.06. The number of carbonyl (C=O) groups is 1. The zero-order valence-corrected chi connectivity index (χ0v) is 8.95. The molecule has 0 aromatic carbocycles. The van der Waals surface area contributed by atoms with E-state index >= 15 is 0 Å². The number of hydrogen-bond acceptors (Lipinski definition) is 3. The summed E-state index contributed by atoms with van der Waals surface area (Å²) in [5.74, 6) is 1.88. The van der Waals surface area contributed by atoms with E-state index in [9.17, 15) is 4.79 Å². The topological polar surface area (TPSA) is 58.6 Å². The molecule has 0 radical (unpaired) electrons. The molecule has 86 valence electrons. The molecule has 0 saturated heterocycles. The summed E-state index contributed by atoms with van der Waals surface area (Å²) in [7, 11) is 0. The van der Waals surface area contributed by atoms with Crippen molar-refractivity contribution in [3.8, 4) is 0 Å². The minimum atomic E-state index is 0.0424. The number of fused-ring (bicyclic) bond motifs is 1. The Balaban J connectivity index is 1.54. The monoisotopic (exact) mass is 213 g/mol. The summed E-state index contributed by atoms with van der Waals surface area (Å²) >= 11 is 0. The van der Waals surface area contributed by atoms with Crippen LogP contribution < -0.4 is 5.32 Å². The molecular weight excluding hydrogens is 194 g/mol. The quantitative estimate of drug-likeness (QED) is 0.618. The van der Waals surface area contributed by atoms with Crippen LogP contribution in [0, 0.1) is 17.8 Å². The van der Waals surface area contributed by atoms with Gasteiger partial charge in [-0.25, -0.2) is 0 Å². The van der Waals surface area contributed by atoms with Gasteiger partial charge >= 0.3 is 0 Å². The molecule has 15 heavy (non-hydrogen) atoms. The summed E-state index contributed by atoms with van der Waals surface area (Å²) in [4.78, 5) is 11.6. The fourth-order valence-electron chi connectivity index (χ4n) is 2.74. The van der Waals surface area contributed by atoms with Gasteiger partial charge in [0.15, 0.2) is 0 Å². The minimum absolute atomic E-state index is 0.0424. The van der Waals surface area contributed by atoms with Gasteiger partial charge in [0.1, 0.15) is 0 Å². The highest BCUT2D eigenvalue weighted by Crippen LogP contribution is 2.57. The first kappa shape index (κ1) is 10.9. The van der Waals surface area contributed by atoms with E-state index in [2.05, 4.69) is 5.32 Å². The number of aliphatic hydroxyl groups excluding tert-OH is 1. The van der Waals surface area contributed by atoms with E-state index in [1.165, 1.54) is 19.3 Å². The van der Waals surface area contributed by atoms with Crippen molar-refractivity contribution >= 4 is 5.91 Å². The molecule has 4 heteroatoms. The van der Waals surface area contributed by atoms with E-state index in [4.69, 9.17) is 9.84 Å². The largest absolute Gasteiger partial charge is 0.394 e. The Morgan fingerprint density at radius 3 is 2.73 bits per heavy atom. The molecule has 2 N–H and O–H groups in total. The molecule has 2 unspecified atom stereocenters. The first-order valence-electron chi connectivity index (χ1n) is 5.81. The van der Waals surface area contributed by atoms with E-state index in [1.807, 2.05) is 0 Å². The van der Waals surface area contributed by atoms with E-state index < -0.39 is 0 Å². The van der Waals surface area contributed by atoms with Crippen LogP contribution in [0.25, 0.3) is 0 Å². The molecule has 4 nitrogen and oxygen atoms in total. The number of aliphatic hydroxyl groups is 1. The molecule has 2 aliphatic carbocycles. The average Bonchev–Trinajstić information content (AvgIpc) is 2.72. The van der Waals surface area contributed by atoms with Crippen molar-refractivity contribution < 1.29 is 14.6 Å². The molecule has 2 rings (SSSR count). The molecule has 2 atom stereocenters. The normalized spacial score (nSPS) is 32.5. The second-order valence-electron chi connectivity index (χ2n) is 4.41. The number of nitrogens with one attached hydrogen (secondary N) is 1. The Labute approximate surface area is 90.0 Å². The Hall–Kier alpha value is -0.610. The fourth-order valence-corrected chi connectivity index (χ4v) is 2.74. The summed E-state index contributed by atoms with van der Waals surface area (Å²) in [5, 5.41) is 11.4. The molecular formula is C11H19NO3. The van der Waals surface area contributed by atoms with Gasteiger partial charge in [-0.1, -0.05) is 6.42 Å². The van der Waals surface area contributed by atoms with Crippen LogP contribution in [0.3, 0.4) is 0 Å². The fraction of sp³-hybridized carbons (Fsp3) is 0.909. The lowest BCUT2D eigenvalue weighted by atomic mass is 10.1. The van der Waals surface area contributed by atoms with Gasteiger partial charge in [-0.15, -0.1) is 0 Å². The molecule has 0 aliphatic heterocycles. The van der Waals surface area contributed by atoms with Crippen molar-refractivity contribution in [2.24, 2.45) is 17.8 Å². The van der Waals surface area contributed by atoms with Gasteiger partial charge in [0.05, 0.1) is 19.8 Å². The molecule has 0 bridgehead atoms. The molecule has 2 fully saturated rings. The third-order valence-corrected chi connectivity index (χ3v) is 3.49.